The Morgan fingerprint density at radius 2 is 1.45 bits per heavy atom. The molecule has 15 heteroatoms. The molecule has 0 aromatic heterocycles. The molecule has 0 bridgehead atoms. The molecule has 0 aliphatic carbocycles. The number of aliphatic hydroxyl groups excluding tert-OH is 4. The number of nitrogens with two attached hydrogens (primary N) is 1. The first-order chi connectivity index (χ1) is 31.6. The van der Waals surface area contributed by atoms with Gasteiger partial charge in [0.25, 0.3) is 5.91 Å². The van der Waals surface area contributed by atoms with Gasteiger partial charge in [0.05, 0.1) is 67.9 Å². The number of carbonyl (C=O) groups excluding carboxylic acids is 1. The topological polar surface area (TPSA) is 201 Å². The van der Waals surface area contributed by atoms with Crippen molar-refractivity contribution in [2.24, 2.45) is 5.90 Å². The number of benzene rings is 1. The Balaban J connectivity index is 0.00000353. The molecule has 14 nitrogen and oxygen atoms in total. The molecule has 3 aliphatic rings. The summed E-state index contributed by atoms with van der Waals surface area (Å²) >= 11 is 1.01. The van der Waals surface area contributed by atoms with Crippen molar-refractivity contribution in [3.63, 3.8) is 0 Å². The van der Waals surface area contributed by atoms with Gasteiger partial charge in [-0.05, 0) is 122 Å². The van der Waals surface area contributed by atoms with E-state index in [0.29, 0.717) is 61.7 Å². The monoisotopic (exact) mass is 935 g/mol. The van der Waals surface area contributed by atoms with E-state index in [0.717, 1.165) is 55.5 Å². The molecule has 3 fully saturated rings. The normalized spacial score (nSPS) is 26.9. The number of allylic oxidation sites excluding steroid dienone is 6. The summed E-state index contributed by atoms with van der Waals surface area (Å²) in [4.78, 5) is 13.7. The first kappa shape index (κ1) is 58.2. The second-order valence-electron chi connectivity index (χ2n) is 15.9. The molecule has 7 N–H and O–H groups in total. The van der Waals surface area contributed by atoms with Crippen molar-refractivity contribution >= 4 is 17.9 Å². The van der Waals surface area contributed by atoms with Crippen molar-refractivity contribution in [3.8, 4) is 0 Å². The fourth-order valence-electron chi connectivity index (χ4n) is 7.96. The molecule has 10 atom stereocenters. The zero-order valence-electron chi connectivity index (χ0n) is 40.1. The summed E-state index contributed by atoms with van der Waals surface area (Å²) in [5.74, 6) is 4.94. The van der Waals surface area contributed by atoms with E-state index in [2.05, 4.69) is 16.2 Å². The number of ether oxygens (including phenoxy) is 6. The van der Waals surface area contributed by atoms with Crippen LogP contribution in [0.4, 0.5) is 0 Å². The average Bonchev–Trinajstić information content (AvgIpc) is 3.30. The Bertz CT molecular complexity index is 1570. The predicted octanol–water partition coefficient (Wildman–Crippen LogP) is 9.21. The van der Waals surface area contributed by atoms with Crippen molar-refractivity contribution in [2.45, 2.75) is 198 Å². The van der Waals surface area contributed by atoms with Crippen molar-refractivity contribution in [3.05, 3.63) is 89.8 Å². The first-order valence-corrected chi connectivity index (χ1v) is 24.6. The second-order valence-corrected chi connectivity index (χ2v) is 16.7. The predicted molar refractivity (Wildman–Crippen MR) is 257 cm³/mol. The number of unbranched alkanes of at least 4 members (excludes halogenated alkanes) is 1. The molecule has 3 heterocycles. The van der Waals surface area contributed by atoms with Crippen molar-refractivity contribution < 1.29 is 57.9 Å². The number of rotatable bonds is 25. The average molecular weight is 935 g/mol. The molecule has 65 heavy (non-hydrogen) atoms. The van der Waals surface area contributed by atoms with Crippen molar-refractivity contribution in [2.75, 3.05) is 19.8 Å². The molecule has 1 aromatic rings. The third-order valence-electron chi connectivity index (χ3n) is 11.0. The Kier molecular flexibility index (Phi) is 30.8. The molecule has 1 amide bonds. The molecule has 1 aromatic carbocycles. The molecule has 0 saturated carbocycles. The van der Waals surface area contributed by atoms with Gasteiger partial charge < -0.3 is 54.2 Å². The molecular formula is C50H82N2O12S. The summed E-state index contributed by atoms with van der Waals surface area (Å²) in [6.07, 6.45) is 16.0. The van der Waals surface area contributed by atoms with E-state index >= 15 is 0 Å². The van der Waals surface area contributed by atoms with Gasteiger partial charge in [0.15, 0.2) is 18.9 Å². The van der Waals surface area contributed by atoms with Crippen molar-refractivity contribution in [1.82, 2.24) is 5.32 Å². The number of hydrogen-bond acceptors (Lipinski definition) is 14. The van der Waals surface area contributed by atoms with Gasteiger partial charge in [-0.25, -0.2) is 10.2 Å². The van der Waals surface area contributed by atoms with E-state index in [-0.39, 0.29) is 68.0 Å². The maximum atomic E-state index is 12.9. The van der Waals surface area contributed by atoms with Crippen LogP contribution in [0.15, 0.2) is 89.1 Å². The van der Waals surface area contributed by atoms with Crippen LogP contribution < -0.4 is 11.2 Å². The molecule has 4 rings (SSSR count). The molecular weight excluding hydrogens is 853 g/mol. The lowest BCUT2D eigenvalue weighted by Gasteiger charge is -2.38. The van der Waals surface area contributed by atoms with Crippen LogP contribution in [0.25, 0.3) is 0 Å². The Morgan fingerprint density at radius 3 is 2.06 bits per heavy atom. The quantitative estimate of drug-likeness (QED) is 0.0178. The van der Waals surface area contributed by atoms with Gasteiger partial charge in [-0.3, -0.25) is 4.79 Å². The van der Waals surface area contributed by atoms with Gasteiger partial charge in [-0.2, -0.15) is 0 Å². The molecule has 3 aliphatic heterocycles. The van der Waals surface area contributed by atoms with Crippen LogP contribution in [0, 0.1) is 0 Å². The molecule has 10 unspecified atom stereocenters. The maximum absolute atomic E-state index is 12.9. The van der Waals surface area contributed by atoms with E-state index < -0.39 is 25.0 Å². The van der Waals surface area contributed by atoms with E-state index in [1.165, 1.54) is 12.2 Å². The number of nitrogens with one attached hydrogen (secondary N) is 1. The third kappa shape index (κ3) is 21.7. The standard InChI is InChI=1S/C46H70N2O12S.2C2H6/c1-5-8-14-33(30-50)45-57-38(19-12-18-35-25-31(4)54-46(58-35)41(7-3)42(52)13-6-2)28-39(59-45)26-34(51)15-11-17-37-27-36(16-9-10-24-49)55-43(56-37)29-48-44(53)32-20-22-40(23-21-32)61-60-47;2*1-2/h5-8,13-14,20-23,31,34-39,43,45-46,49-52H,2,9-12,15-19,24-30,47H2,1,3-4H3,(H,48,53);2*1-2H3/b8-5-,33-14+,41-7+,42-13+;;. The molecule has 370 valence electrons. The van der Waals surface area contributed by atoms with Crippen LogP contribution in [0.5, 0.6) is 0 Å². The Labute approximate surface area is 393 Å². The highest BCUT2D eigenvalue weighted by molar-refractivity contribution is 7.94. The number of carbonyl (C=O) groups is 1. The van der Waals surface area contributed by atoms with Crippen LogP contribution >= 0.6 is 12.0 Å². The van der Waals surface area contributed by atoms with E-state index in [1.54, 1.807) is 30.3 Å². The second kappa shape index (κ2) is 34.4. The van der Waals surface area contributed by atoms with E-state index in [1.807, 2.05) is 66.7 Å². The largest absolute Gasteiger partial charge is 0.507 e. The van der Waals surface area contributed by atoms with Crippen molar-refractivity contribution in [1.29, 1.82) is 0 Å². The molecule has 0 spiro atoms. The zero-order valence-corrected chi connectivity index (χ0v) is 40.9. The molecule has 0 radical (unpaired) electrons. The number of amides is 1. The summed E-state index contributed by atoms with van der Waals surface area (Å²) in [5.41, 5.74) is 1.67. The van der Waals surface area contributed by atoms with Gasteiger partial charge in [0, 0.05) is 41.1 Å². The van der Waals surface area contributed by atoms with Crippen LogP contribution in [0.1, 0.15) is 142 Å². The van der Waals surface area contributed by atoms with Gasteiger partial charge in [-0.15, -0.1) is 0 Å². The van der Waals surface area contributed by atoms with Gasteiger partial charge in [-0.1, -0.05) is 64.7 Å². The minimum Gasteiger partial charge on any atom is -0.507 e. The van der Waals surface area contributed by atoms with Crippen LogP contribution in [-0.4, -0.2) is 108 Å². The SMILES string of the molecule is C=C/C=C(O)\C(=C/C)C1OC(C)CC(CCCC2CC(CC(O)CCCC3CC(CCCCO)OC(CNC(=O)c4ccc(SON)cc4)O3)OC(/C(=C/C=C\C)CO)O2)O1.CC.CC. The highest BCUT2D eigenvalue weighted by atomic mass is 32.2. The fourth-order valence-corrected chi connectivity index (χ4v) is 8.32. The lowest BCUT2D eigenvalue weighted by atomic mass is 9.95. The lowest BCUT2D eigenvalue weighted by Crippen LogP contribution is -2.44. The van der Waals surface area contributed by atoms with Crippen LogP contribution in [0.2, 0.25) is 0 Å². The van der Waals surface area contributed by atoms with Crippen LogP contribution in [0.3, 0.4) is 0 Å². The highest BCUT2D eigenvalue weighted by Gasteiger charge is 2.35. The maximum Gasteiger partial charge on any atom is 0.251 e. The third-order valence-corrected chi connectivity index (χ3v) is 11.6. The summed E-state index contributed by atoms with van der Waals surface area (Å²) in [7, 11) is 0. The number of hydrogen-bond donors (Lipinski definition) is 6. The van der Waals surface area contributed by atoms with E-state index in [9.17, 15) is 25.2 Å². The molecule has 3 saturated heterocycles. The Hall–Kier alpha value is -2.90. The smallest absolute Gasteiger partial charge is 0.251 e. The fraction of sp³-hybridized carbons (Fsp3) is 0.660. The summed E-state index contributed by atoms with van der Waals surface area (Å²) in [6.45, 7) is 17.5. The van der Waals surface area contributed by atoms with Crippen LogP contribution in [-0.2, 0) is 32.7 Å². The summed E-state index contributed by atoms with van der Waals surface area (Å²) in [5, 5.41) is 44.3. The van der Waals surface area contributed by atoms with Gasteiger partial charge in [0.1, 0.15) is 5.76 Å². The van der Waals surface area contributed by atoms with Gasteiger partial charge in [0.2, 0.25) is 0 Å². The summed E-state index contributed by atoms with van der Waals surface area (Å²) in [6, 6.07) is 6.89. The minimum absolute atomic E-state index is 0.0497. The summed E-state index contributed by atoms with van der Waals surface area (Å²) < 4.78 is 42.2. The Morgan fingerprint density at radius 1 is 0.846 bits per heavy atom. The number of aliphatic hydroxyl groups is 4. The highest BCUT2D eigenvalue weighted by Crippen LogP contribution is 2.33. The van der Waals surface area contributed by atoms with E-state index in [4.69, 9.17) is 34.3 Å². The lowest BCUT2D eigenvalue weighted by molar-refractivity contribution is -0.241. The van der Waals surface area contributed by atoms with Gasteiger partial charge >= 0.3 is 0 Å². The minimum atomic E-state index is -0.738. The first-order valence-electron chi connectivity index (χ1n) is 23.8. The zero-order chi connectivity index (χ0) is 48.0.